The number of carbonyl (C=O) groups excluding carboxylic acids is 1. The van der Waals surface area contributed by atoms with Crippen molar-refractivity contribution in [1.29, 1.82) is 0 Å². The number of nitrogens with one attached hydrogen (secondary N) is 1. The smallest absolute Gasteiger partial charge is 0.338 e. The lowest BCUT2D eigenvalue weighted by Crippen LogP contribution is -2.30. The summed E-state index contributed by atoms with van der Waals surface area (Å²) in [7, 11) is 1.52. The van der Waals surface area contributed by atoms with E-state index in [9.17, 15) is 9.18 Å². The van der Waals surface area contributed by atoms with Crippen LogP contribution in [-0.2, 0) is 16.1 Å². The van der Waals surface area contributed by atoms with Crippen molar-refractivity contribution in [2.45, 2.75) is 19.6 Å². The van der Waals surface area contributed by atoms with E-state index in [1.54, 1.807) is 41.9 Å². The monoisotopic (exact) mass is 500 g/mol. The number of carbonyl (C=O) groups is 1. The van der Waals surface area contributed by atoms with Gasteiger partial charge in [-0.15, -0.1) is 0 Å². The molecule has 8 nitrogen and oxygen atoms in total. The fraction of sp³-hybridized carbons (Fsp3) is 0.179. The zero-order chi connectivity index (χ0) is 25.8. The number of benzene rings is 3. The molecule has 0 saturated heterocycles. The SMILES string of the molecule is CCOC(=O)C1=C(c2ccccc2)Nc2ncnn2C1c1ccc(OCc2ccccc2F)c(OC)c1. The molecule has 0 aliphatic carbocycles. The molecule has 1 aromatic heterocycles. The summed E-state index contributed by atoms with van der Waals surface area (Å²) < 4.78 is 32.7. The highest BCUT2D eigenvalue weighted by atomic mass is 19.1. The Kier molecular flexibility index (Phi) is 6.85. The lowest BCUT2D eigenvalue weighted by atomic mass is 9.92. The molecule has 188 valence electrons. The third-order valence-electron chi connectivity index (χ3n) is 6.00. The van der Waals surface area contributed by atoms with E-state index >= 15 is 0 Å². The van der Waals surface area contributed by atoms with Crippen molar-refractivity contribution in [3.63, 3.8) is 0 Å². The van der Waals surface area contributed by atoms with Crippen LogP contribution in [0.1, 0.15) is 29.7 Å². The van der Waals surface area contributed by atoms with Crippen LogP contribution in [-0.4, -0.2) is 34.5 Å². The molecule has 3 aromatic carbocycles. The van der Waals surface area contributed by atoms with Gasteiger partial charge in [-0.25, -0.2) is 13.9 Å². The second-order valence-electron chi connectivity index (χ2n) is 8.22. The molecule has 0 amide bonds. The topological polar surface area (TPSA) is 87.5 Å². The van der Waals surface area contributed by atoms with Crippen molar-refractivity contribution in [3.8, 4) is 11.5 Å². The van der Waals surface area contributed by atoms with Crippen molar-refractivity contribution in [2.75, 3.05) is 19.0 Å². The minimum absolute atomic E-state index is 0.0368. The number of nitrogens with zero attached hydrogens (tertiary/aromatic N) is 3. The summed E-state index contributed by atoms with van der Waals surface area (Å²) in [4.78, 5) is 17.7. The molecule has 1 aliphatic heterocycles. The minimum Gasteiger partial charge on any atom is -0.493 e. The molecule has 5 rings (SSSR count). The van der Waals surface area contributed by atoms with E-state index in [1.165, 1.54) is 19.5 Å². The van der Waals surface area contributed by atoms with Gasteiger partial charge in [-0.2, -0.15) is 10.1 Å². The zero-order valence-electron chi connectivity index (χ0n) is 20.3. The number of anilines is 1. The number of esters is 1. The molecule has 0 spiro atoms. The van der Waals surface area contributed by atoms with Crippen molar-refractivity contribution in [1.82, 2.24) is 14.8 Å². The highest BCUT2D eigenvalue weighted by Gasteiger charge is 2.36. The molecule has 4 aromatic rings. The molecule has 1 unspecified atom stereocenters. The van der Waals surface area contributed by atoms with Crippen LogP contribution < -0.4 is 14.8 Å². The fourth-order valence-electron chi connectivity index (χ4n) is 4.27. The lowest BCUT2D eigenvalue weighted by Gasteiger charge is -2.30. The largest absolute Gasteiger partial charge is 0.493 e. The van der Waals surface area contributed by atoms with Crippen LogP contribution in [0.4, 0.5) is 10.3 Å². The zero-order valence-corrected chi connectivity index (χ0v) is 20.3. The third-order valence-corrected chi connectivity index (χ3v) is 6.00. The summed E-state index contributed by atoms with van der Waals surface area (Å²) in [5.41, 5.74) is 2.91. The summed E-state index contributed by atoms with van der Waals surface area (Å²) in [6.07, 6.45) is 1.43. The first-order chi connectivity index (χ1) is 18.1. The van der Waals surface area contributed by atoms with Crippen molar-refractivity contribution < 1.29 is 23.4 Å². The second kappa shape index (κ2) is 10.5. The molecular weight excluding hydrogens is 475 g/mol. The lowest BCUT2D eigenvalue weighted by molar-refractivity contribution is -0.138. The van der Waals surface area contributed by atoms with E-state index in [4.69, 9.17) is 14.2 Å². The molecule has 0 bridgehead atoms. The molecule has 37 heavy (non-hydrogen) atoms. The van der Waals surface area contributed by atoms with E-state index in [0.29, 0.717) is 39.8 Å². The minimum atomic E-state index is -0.650. The number of halogens is 1. The van der Waals surface area contributed by atoms with Gasteiger partial charge in [0.2, 0.25) is 5.95 Å². The Hall–Kier alpha value is -4.66. The number of ether oxygens (including phenoxy) is 3. The molecule has 2 heterocycles. The summed E-state index contributed by atoms with van der Waals surface area (Å²) in [6.45, 7) is 2.01. The molecule has 9 heteroatoms. The number of hydrogen-bond donors (Lipinski definition) is 1. The maximum absolute atomic E-state index is 14.1. The summed E-state index contributed by atoms with van der Waals surface area (Å²) in [6, 6.07) is 20.6. The van der Waals surface area contributed by atoms with Crippen LogP contribution >= 0.6 is 0 Å². The van der Waals surface area contributed by atoms with Crippen molar-refractivity contribution in [2.24, 2.45) is 0 Å². The van der Waals surface area contributed by atoms with E-state index in [2.05, 4.69) is 15.4 Å². The van der Waals surface area contributed by atoms with Gasteiger partial charge in [-0.3, -0.25) is 0 Å². The standard InChI is InChI=1S/C28H25FN4O4/c1-3-36-27(34)24-25(18-9-5-4-6-10-18)32-28-30-17-31-33(28)26(24)19-13-14-22(23(15-19)35-2)37-16-20-11-7-8-12-21(20)29/h4-15,17,26H,3,16H2,1-2H3,(H,30,31,32). The van der Waals surface area contributed by atoms with Crippen LogP contribution in [0.3, 0.4) is 0 Å². The van der Waals surface area contributed by atoms with Gasteiger partial charge in [0.1, 0.15) is 24.8 Å². The van der Waals surface area contributed by atoms with Crippen LogP contribution in [0, 0.1) is 5.82 Å². The molecule has 0 saturated carbocycles. The molecule has 0 radical (unpaired) electrons. The van der Waals surface area contributed by atoms with Gasteiger partial charge < -0.3 is 19.5 Å². The predicted molar refractivity (Wildman–Crippen MR) is 136 cm³/mol. The van der Waals surface area contributed by atoms with Gasteiger partial charge >= 0.3 is 5.97 Å². The van der Waals surface area contributed by atoms with Gasteiger partial charge in [0.25, 0.3) is 0 Å². The number of methoxy groups -OCH3 is 1. The Balaban J connectivity index is 1.58. The van der Waals surface area contributed by atoms with Crippen LogP contribution in [0.25, 0.3) is 5.70 Å². The van der Waals surface area contributed by atoms with Gasteiger partial charge in [0, 0.05) is 5.56 Å². The van der Waals surface area contributed by atoms with Crippen LogP contribution in [0.5, 0.6) is 11.5 Å². The highest BCUT2D eigenvalue weighted by Crippen LogP contribution is 2.41. The first-order valence-corrected chi connectivity index (χ1v) is 11.8. The molecule has 1 aliphatic rings. The van der Waals surface area contributed by atoms with E-state index < -0.39 is 12.0 Å². The van der Waals surface area contributed by atoms with E-state index in [0.717, 1.165) is 5.56 Å². The van der Waals surface area contributed by atoms with Crippen molar-refractivity contribution >= 4 is 17.6 Å². The highest BCUT2D eigenvalue weighted by molar-refractivity contribution is 6.02. The quantitative estimate of drug-likeness (QED) is 0.341. The summed E-state index contributed by atoms with van der Waals surface area (Å²) >= 11 is 0. The number of aromatic nitrogens is 3. The van der Waals surface area contributed by atoms with Crippen molar-refractivity contribution in [3.05, 3.63) is 107 Å². The normalized spacial score (nSPS) is 14.5. The molecule has 0 fully saturated rings. The number of fused-ring (bicyclic) bond motifs is 1. The average Bonchev–Trinajstić information content (AvgIpc) is 3.41. The molecular formula is C28H25FN4O4. The van der Waals surface area contributed by atoms with E-state index in [1.807, 2.05) is 36.4 Å². The Morgan fingerprint density at radius 1 is 1.05 bits per heavy atom. The van der Waals surface area contributed by atoms with Gasteiger partial charge in [-0.1, -0.05) is 54.6 Å². The fourth-order valence-corrected chi connectivity index (χ4v) is 4.27. The van der Waals surface area contributed by atoms with Crippen LogP contribution in [0.15, 0.2) is 84.7 Å². The summed E-state index contributed by atoms with van der Waals surface area (Å²) in [5, 5.41) is 7.63. The maximum atomic E-state index is 14.1. The number of rotatable bonds is 8. The average molecular weight is 501 g/mol. The second-order valence-corrected chi connectivity index (χ2v) is 8.22. The first kappa shape index (κ1) is 24.1. The Morgan fingerprint density at radius 3 is 2.59 bits per heavy atom. The van der Waals surface area contributed by atoms with Gasteiger partial charge in [0.05, 0.1) is 25.0 Å². The maximum Gasteiger partial charge on any atom is 0.338 e. The first-order valence-electron chi connectivity index (χ1n) is 11.8. The third kappa shape index (κ3) is 4.75. The van der Waals surface area contributed by atoms with Gasteiger partial charge in [-0.05, 0) is 36.2 Å². The molecule has 1 N–H and O–H groups in total. The Bertz CT molecular complexity index is 1450. The van der Waals surface area contributed by atoms with Crippen LogP contribution in [0.2, 0.25) is 0 Å². The predicted octanol–water partition coefficient (Wildman–Crippen LogP) is 4.99. The Morgan fingerprint density at radius 2 is 1.84 bits per heavy atom. The molecule has 1 atom stereocenters. The Labute approximate surface area is 213 Å². The summed E-state index contributed by atoms with van der Waals surface area (Å²) in [5.74, 6) is 0.532. The van der Waals surface area contributed by atoms with Gasteiger partial charge in [0.15, 0.2) is 11.5 Å². The number of hydrogen-bond acceptors (Lipinski definition) is 7. The van der Waals surface area contributed by atoms with E-state index in [-0.39, 0.29) is 19.0 Å².